The van der Waals surface area contributed by atoms with E-state index in [0.717, 1.165) is 10.6 Å². The number of aromatic nitrogens is 1. The Balaban J connectivity index is 1.99. The molecular weight excluding hydrogens is 250 g/mol. The van der Waals surface area contributed by atoms with E-state index in [9.17, 15) is 4.79 Å². The van der Waals surface area contributed by atoms with E-state index < -0.39 is 0 Å². The second-order valence-corrected chi connectivity index (χ2v) is 4.81. The quantitative estimate of drug-likeness (QED) is 0.864. The van der Waals surface area contributed by atoms with Gasteiger partial charge in [0, 0.05) is 23.5 Å². The Morgan fingerprint density at radius 3 is 3.11 bits per heavy atom. The third-order valence-electron chi connectivity index (χ3n) is 2.57. The lowest BCUT2D eigenvalue weighted by atomic mass is 10.3. The highest BCUT2D eigenvalue weighted by Crippen LogP contribution is 2.23. The molecule has 0 aliphatic heterocycles. The zero-order valence-electron chi connectivity index (χ0n) is 10.3. The van der Waals surface area contributed by atoms with Crippen LogP contribution in [-0.2, 0) is 0 Å². The first-order valence-corrected chi connectivity index (χ1v) is 6.52. The van der Waals surface area contributed by atoms with Gasteiger partial charge in [0.15, 0.2) is 0 Å². The number of thiazole rings is 1. The number of nitrogens with zero attached hydrogens (tertiary/aromatic N) is 1. The number of hydrogen-bond donors (Lipinski definition) is 2. The molecule has 1 unspecified atom stereocenters. The average Bonchev–Trinajstić information content (AvgIpc) is 3.04. The number of hydrogen-bond acceptors (Lipinski definition) is 5. The molecule has 5 nitrogen and oxygen atoms in total. The van der Waals surface area contributed by atoms with E-state index in [4.69, 9.17) is 4.42 Å². The summed E-state index contributed by atoms with van der Waals surface area (Å²) >= 11 is 1.43. The Kier molecular flexibility index (Phi) is 4.11. The largest absolute Gasteiger partial charge is 0.472 e. The molecule has 0 spiro atoms. The van der Waals surface area contributed by atoms with E-state index in [1.54, 1.807) is 17.9 Å². The Morgan fingerprint density at radius 1 is 1.61 bits per heavy atom. The second kappa shape index (κ2) is 5.79. The van der Waals surface area contributed by atoms with Gasteiger partial charge in [-0.15, -0.1) is 11.3 Å². The molecule has 0 aliphatic rings. The normalized spacial score (nSPS) is 12.3. The van der Waals surface area contributed by atoms with Gasteiger partial charge in [-0.1, -0.05) is 0 Å². The van der Waals surface area contributed by atoms with E-state index in [0.29, 0.717) is 12.2 Å². The molecule has 6 heteroatoms. The summed E-state index contributed by atoms with van der Waals surface area (Å²) in [5.74, 6) is -0.150. The predicted molar refractivity (Wildman–Crippen MR) is 70.7 cm³/mol. The number of amides is 1. The first-order chi connectivity index (χ1) is 8.70. The molecule has 18 heavy (non-hydrogen) atoms. The molecule has 1 amide bonds. The van der Waals surface area contributed by atoms with Crippen molar-refractivity contribution < 1.29 is 9.21 Å². The third-order valence-corrected chi connectivity index (χ3v) is 3.46. The number of rotatable bonds is 5. The molecule has 2 aromatic heterocycles. The van der Waals surface area contributed by atoms with Crippen molar-refractivity contribution in [3.63, 3.8) is 0 Å². The second-order valence-electron chi connectivity index (χ2n) is 3.95. The summed E-state index contributed by atoms with van der Waals surface area (Å²) < 4.78 is 4.99. The molecule has 0 fully saturated rings. The Bertz CT molecular complexity index is 507. The number of likely N-dealkylation sites (N-methyl/N-ethyl adjacent to an activating group) is 1. The Hall–Kier alpha value is -1.66. The van der Waals surface area contributed by atoms with Crippen LogP contribution in [0.4, 0.5) is 0 Å². The summed E-state index contributed by atoms with van der Waals surface area (Å²) in [6.45, 7) is 2.58. The predicted octanol–water partition coefficient (Wildman–Crippen LogP) is 1.74. The smallest absolute Gasteiger partial charge is 0.270 e. The van der Waals surface area contributed by atoms with Gasteiger partial charge in [0.1, 0.15) is 17.0 Å². The summed E-state index contributed by atoms with van der Waals surface area (Å²) in [5, 5.41) is 8.42. The van der Waals surface area contributed by atoms with Gasteiger partial charge >= 0.3 is 0 Å². The molecule has 0 radical (unpaired) electrons. The maximum Gasteiger partial charge on any atom is 0.270 e. The molecule has 0 saturated heterocycles. The lowest BCUT2D eigenvalue weighted by molar-refractivity contribution is 0.0946. The van der Waals surface area contributed by atoms with Crippen molar-refractivity contribution in [3.8, 4) is 10.6 Å². The summed E-state index contributed by atoms with van der Waals surface area (Å²) in [6, 6.07) is 2.06. The van der Waals surface area contributed by atoms with Crippen LogP contribution in [-0.4, -0.2) is 30.5 Å². The third kappa shape index (κ3) is 2.96. The van der Waals surface area contributed by atoms with E-state index in [1.165, 1.54) is 11.3 Å². The maximum atomic E-state index is 11.8. The van der Waals surface area contributed by atoms with Crippen LogP contribution in [0.5, 0.6) is 0 Å². The molecule has 0 aromatic carbocycles. The molecule has 96 valence electrons. The zero-order valence-corrected chi connectivity index (χ0v) is 11.1. The highest BCUT2D eigenvalue weighted by atomic mass is 32.1. The number of nitrogens with one attached hydrogen (secondary N) is 2. The number of furan rings is 1. The Labute approximate surface area is 109 Å². The zero-order chi connectivity index (χ0) is 13.0. The molecule has 2 rings (SSSR count). The maximum absolute atomic E-state index is 11.8. The van der Waals surface area contributed by atoms with Gasteiger partial charge < -0.3 is 15.1 Å². The molecule has 0 saturated carbocycles. The molecule has 2 aromatic rings. The van der Waals surface area contributed by atoms with Crippen molar-refractivity contribution in [1.29, 1.82) is 0 Å². The van der Waals surface area contributed by atoms with Crippen LogP contribution in [0.15, 0.2) is 28.4 Å². The van der Waals surface area contributed by atoms with Crippen LogP contribution in [0.2, 0.25) is 0 Å². The lowest BCUT2D eigenvalue weighted by Crippen LogP contribution is -2.37. The van der Waals surface area contributed by atoms with Gasteiger partial charge in [-0.05, 0) is 20.0 Å². The van der Waals surface area contributed by atoms with E-state index in [-0.39, 0.29) is 11.9 Å². The SMILES string of the molecule is CNC(C)CNC(=O)c1csc(-c2ccoc2)n1. The molecule has 2 heterocycles. The summed E-state index contributed by atoms with van der Waals surface area (Å²) in [6.07, 6.45) is 3.20. The van der Waals surface area contributed by atoms with Crippen molar-refractivity contribution in [1.82, 2.24) is 15.6 Å². The standard InChI is InChI=1S/C12H15N3O2S/c1-8(13-2)5-14-11(16)10-7-18-12(15-10)9-3-4-17-6-9/h3-4,6-8,13H,5H2,1-2H3,(H,14,16). The van der Waals surface area contributed by atoms with Crippen molar-refractivity contribution in [2.45, 2.75) is 13.0 Å². The topological polar surface area (TPSA) is 67.2 Å². The minimum absolute atomic E-state index is 0.150. The lowest BCUT2D eigenvalue weighted by Gasteiger charge is -2.10. The van der Waals surface area contributed by atoms with Crippen molar-refractivity contribution in [2.24, 2.45) is 0 Å². The van der Waals surface area contributed by atoms with Gasteiger partial charge in [-0.2, -0.15) is 0 Å². The molecule has 1 atom stereocenters. The van der Waals surface area contributed by atoms with Crippen LogP contribution in [0.3, 0.4) is 0 Å². The first kappa shape index (κ1) is 12.8. The summed E-state index contributed by atoms with van der Waals surface area (Å²) in [5.41, 5.74) is 1.34. The van der Waals surface area contributed by atoms with E-state index in [1.807, 2.05) is 20.0 Å². The van der Waals surface area contributed by atoms with Crippen LogP contribution >= 0.6 is 11.3 Å². The van der Waals surface area contributed by atoms with Crippen LogP contribution in [0.1, 0.15) is 17.4 Å². The highest BCUT2D eigenvalue weighted by molar-refractivity contribution is 7.13. The first-order valence-electron chi connectivity index (χ1n) is 5.64. The fourth-order valence-corrected chi connectivity index (χ4v) is 2.12. The van der Waals surface area contributed by atoms with Gasteiger partial charge in [0.05, 0.1) is 6.26 Å². The van der Waals surface area contributed by atoms with E-state index in [2.05, 4.69) is 15.6 Å². The highest BCUT2D eigenvalue weighted by Gasteiger charge is 2.12. The fourth-order valence-electron chi connectivity index (χ4n) is 1.34. The minimum atomic E-state index is -0.150. The van der Waals surface area contributed by atoms with Crippen molar-refractivity contribution >= 4 is 17.2 Å². The number of carbonyl (C=O) groups excluding carboxylic acids is 1. The molecule has 0 aliphatic carbocycles. The number of carbonyl (C=O) groups is 1. The fraction of sp³-hybridized carbons (Fsp3) is 0.333. The summed E-state index contributed by atoms with van der Waals surface area (Å²) in [4.78, 5) is 16.1. The van der Waals surface area contributed by atoms with E-state index >= 15 is 0 Å². The molecule has 2 N–H and O–H groups in total. The summed E-state index contributed by atoms with van der Waals surface area (Å²) in [7, 11) is 1.86. The van der Waals surface area contributed by atoms with Gasteiger partial charge in [0.2, 0.25) is 0 Å². The van der Waals surface area contributed by atoms with Crippen LogP contribution in [0.25, 0.3) is 10.6 Å². The molecule has 0 bridgehead atoms. The van der Waals surface area contributed by atoms with Crippen LogP contribution in [0, 0.1) is 0 Å². The average molecular weight is 265 g/mol. The van der Waals surface area contributed by atoms with Gasteiger partial charge in [-0.3, -0.25) is 4.79 Å². The Morgan fingerprint density at radius 2 is 2.44 bits per heavy atom. The monoisotopic (exact) mass is 265 g/mol. The van der Waals surface area contributed by atoms with Crippen LogP contribution < -0.4 is 10.6 Å². The van der Waals surface area contributed by atoms with Gasteiger partial charge in [-0.25, -0.2) is 4.98 Å². The van der Waals surface area contributed by atoms with Gasteiger partial charge in [0.25, 0.3) is 5.91 Å². The molecular formula is C12H15N3O2S. The van der Waals surface area contributed by atoms with Crippen molar-refractivity contribution in [3.05, 3.63) is 29.7 Å². The minimum Gasteiger partial charge on any atom is -0.472 e. The van der Waals surface area contributed by atoms with Crippen molar-refractivity contribution in [2.75, 3.05) is 13.6 Å².